The Morgan fingerprint density at radius 2 is 1.90 bits per heavy atom. The van der Waals surface area contributed by atoms with Crippen molar-refractivity contribution < 1.29 is 9.53 Å². The van der Waals surface area contributed by atoms with Crippen LogP contribution in [0.25, 0.3) is 0 Å². The summed E-state index contributed by atoms with van der Waals surface area (Å²) >= 11 is 0. The molecule has 0 aromatic carbocycles. The van der Waals surface area contributed by atoms with Crippen LogP contribution in [-0.4, -0.2) is 73.2 Å². The average Bonchev–Trinajstić information content (AvgIpc) is 2.93. The summed E-state index contributed by atoms with van der Waals surface area (Å²) in [6, 6.07) is 0. The van der Waals surface area contributed by atoms with E-state index in [0.29, 0.717) is 12.6 Å². The quantitative estimate of drug-likeness (QED) is 0.797. The first-order chi connectivity index (χ1) is 9.98. The minimum Gasteiger partial charge on any atom is -0.377 e. The van der Waals surface area contributed by atoms with Crippen LogP contribution in [0.3, 0.4) is 0 Å². The number of hydrogen-bond acceptors (Lipinski definition) is 4. The molecular weight excluding hydrogens is 266 g/mol. The van der Waals surface area contributed by atoms with Gasteiger partial charge in [-0.15, -0.1) is 0 Å². The van der Waals surface area contributed by atoms with E-state index in [4.69, 9.17) is 4.74 Å². The molecule has 21 heavy (non-hydrogen) atoms. The van der Waals surface area contributed by atoms with E-state index in [1.54, 1.807) is 0 Å². The van der Waals surface area contributed by atoms with Gasteiger partial charge in [0.25, 0.3) is 0 Å². The van der Waals surface area contributed by atoms with Crippen LogP contribution in [0, 0.1) is 0 Å². The fourth-order valence-electron chi connectivity index (χ4n) is 2.91. The van der Waals surface area contributed by atoms with E-state index in [1.807, 2.05) is 0 Å². The Morgan fingerprint density at radius 3 is 2.48 bits per heavy atom. The summed E-state index contributed by atoms with van der Waals surface area (Å²) in [5, 5.41) is 3.11. The lowest BCUT2D eigenvalue weighted by Crippen LogP contribution is -2.53. The zero-order valence-corrected chi connectivity index (χ0v) is 13.9. The summed E-state index contributed by atoms with van der Waals surface area (Å²) < 4.78 is 5.69. The van der Waals surface area contributed by atoms with Crippen molar-refractivity contribution >= 4 is 5.91 Å². The molecule has 0 bridgehead atoms. The minimum atomic E-state index is -0.0985. The second-order valence-electron chi connectivity index (χ2n) is 7.00. The maximum Gasteiger partial charge on any atom is 0.234 e. The molecular formula is C16H31N3O2. The molecule has 5 nitrogen and oxygen atoms in total. The molecule has 2 fully saturated rings. The van der Waals surface area contributed by atoms with E-state index < -0.39 is 0 Å². The highest BCUT2D eigenvalue weighted by Gasteiger charge is 2.25. The first-order valence-electron chi connectivity index (χ1n) is 8.36. The molecule has 5 heteroatoms. The number of carbonyl (C=O) groups is 1. The molecule has 0 aromatic rings. The molecule has 2 saturated heterocycles. The van der Waals surface area contributed by atoms with Crippen LogP contribution in [0.5, 0.6) is 0 Å². The van der Waals surface area contributed by atoms with Crippen molar-refractivity contribution in [3.63, 3.8) is 0 Å². The molecule has 2 heterocycles. The third kappa shape index (κ3) is 5.57. The molecule has 1 unspecified atom stereocenters. The normalized spacial score (nSPS) is 25.2. The van der Waals surface area contributed by atoms with Crippen molar-refractivity contribution in [3.05, 3.63) is 0 Å². The average molecular weight is 297 g/mol. The maximum absolute atomic E-state index is 12.1. The summed E-state index contributed by atoms with van der Waals surface area (Å²) in [4.78, 5) is 16.8. The summed E-state index contributed by atoms with van der Waals surface area (Å²) in [7, 11) is 0. The number of piperazine rings is 1. The van der Waals surface area contributed by atoms with Crippen LogP contribution in [0.2, 0.25) is 0 Å². The molecule has 2 aliphatic heterocycles. The molecule has 0 spiro atoms. The van der Waals surface area contributed by atoms with Gasteiger partial charge in [-0.1, -0.05) is 6.92 Å². The van der Waals surface area contributed by atoms with Crippen molar-refractivity contribution in [1.82, 2.24) is 15.1 Å². The number of hydrogen-bond donors (Lipinski definition) is 1. The van der Waals surface area contributed by atoms with Crippen molar-refractivity contribution in [3.8, 4) is 0 Å². The van der Waals surface area contributed by atoms with E-state index in [1.165, 1.54) is 12.8 Å². The van der Waals surface area contributed by atoms with Gasteiger partial charge >= 0.3 is 0 Å². The van der Waals surface area contributed by atoms with E-state index in [2.05, 4.69) is 35.9 Å². The zero-order chi connectivity index (χ0) is 15.3. The Kier molecular flexibility index (Phi) is 6.02. The van der Waals surface area contributed by atoms with Crippen molar-refractivity contribution in [1.29, 1.82) is 0 Å². The van der Waals surface area contributed by atoms with Gasteiger partial charge in [0, 0.05) is 44.9 Å². The SMILES string of the molecule is CCC(C)(C)NC(=O)CN1CCN(CC2CCCO2)CC1. The molecule has 122 valence electrons. The van der Waals surface area contributed by atoms with Gasteiger partial charge in [-0.2, -0.15) is 0 Å². The van der Waals surface area contributed by atoms with Gasteiger partial charge in [0.2, 0.25) is 5.91 Å². The number of amides is 1. The smallest absolute Gasteiger partial charge is 0.234 e. The lowest BCUT2D eigenvalue weighted by molar-refractivity contribution is -0.124. The van der Waals surface area contributed by atoms with Crippen molar-refractivity contribution in [2.45, 2.75) is 51.7 Å². The van der Waals surface area contributed by atoms with Crippen LogP contribution in [0.15, 0.2) is 0 Å². The highest BCUT2D eigenvalue weighted by atomic mass is 16.5. The lowest BCUT2D eigenvalue weighted by atomic mass is 10.0. The fraction of sp³-hybridized carbons (Fsp3) is 0.938. The summed E-state index contributed by atoms with van der Waals surface area (Å²) in [5.41, 5.74) is -0.0985. The number of rotatable bonds is 6. The van der Waals surface area contributed by atoms with Crippen LogP contribution in [-0.2, 0) is 9.53 Å². The molecule has 2 aliphatic rings. The molecule has 0 aliphatic carbocycles. The third-order valence-electron chi connectivity index (χ3n) is 4.68. The number of ether oxygens (including phenoxy) is 1. The van der Waals surface area contributed by atoms with E-state index >= 15 is 0 Å². The van der Waals surface area contributed by atoms with Gasteiger partial charge in [-0.3, -0.25) is 14.6 Å². The van der Waals surface area contributed by atoms with E-state index in [0.717, 1.165) is 45.8 Å². The number of carbonyl (C=O) groups excluding carboxylic acids is 1. The number of nitrogens with zero attached hydrogens (tertiary/aromatic N) is 2. The second-order valence-corrected chi connectivity index (χ2v) is 7.00. The van der Waals surface area contributed by atoms with Gasteiger partial charge < -0.3 is 10.1 Å². The largest absolute Gasteiger partial charge is 0.377 e. The molecule has 0 saturated carbocycles. The topological polar surface area (TPSA) is 44.8 Å². The van der Waals surface area contributed by atoms with Gasteiger partial charge in [-0.25, -0.2) is 0 Å². The highest BCUT2D eigenvalue weighted by molar-refractivity contribution is 5.78. The Balaban J connectivity index is 1.65. The lowest BCUT2D eigenvalue weighted by Gasteiger charge is -2.36. The van der Waals surface area contributed by atoms with Gasteiger partial charge in [0.1, 0.15) is 0 Å². The Bertz CT molecular complexity index is 332. The molecule has 0 aromatic heterocycles. The zero-order valence-electron chi connectivity index (χ0n) is 13.9. The van der Waals surface area contributed by atoms with Crippen LogP contribution >= 0.6 is 0 Å². The summed E-state index contributed by atoms with van der Waals surface area (Å²) in [6.45, 7) is 12.8. The Hall–Kier alpha value is -0.650. The van der Waals surface area contributed by atoms with Gasteiger partial charge in [0.15, 0.2) is 0 Å². The second kappa shape index (κ2) is 7.56. The van der Waals surface area contributed by atoms with Crippen molar-refractivity contribution in [2.24, 2.45) is 0 Å². The monoisotopic (exact) mass is 297 g/mol. The van der Waals surface area contributed by atoms with E-state index in [9.17, 15) is 4.79 Å². The highest BCUT2D eigenvalue weighted by Crippen LogP contribution is 2.14. The first kappa shape index (κ1) is 16.7. The Morgan fingerprint density at radius 1 is 1.24 bits per heavy atom. The first-order valence-corrected chi connectivity index (χ1v) is 8.36. The molecule has 1 atom stereocenters. The maximum atomic E-state index is 12.1. The van der Waals surface area contributed by atoms with Gasteiger partial charge in [0.05, 0.1) is 12.6 Å². The predicted molar refractivity (Wildman–Crippen MR) is 84.4 cm³/mol. The standard InChI is InChI=1S/C16H31N3O2/c1-4-16(2,3)17-15(20)13-19-9-7-18(8-10-19)12-14-6-5-11-21-14/h14H,4-13H2,1-3H3,(H,17,20). The Labute approximate surface area is 129 Å². The predicted octanol–water partition coefficient (Wildman–Crippen LogP) is 1.09. The minimum absolute atomic E-state index is 0.0985. The van der Waals surface area contributed by atoms with Crippen LogP contribution in [0.4, 0.5) is 0 Å². The molecule has 0 radical (unpaired) electrons. The molecule has 1 N–H and O–H groups in total. The summed E-state index contributed by atoms with van der Waals surface area (Å²) in [6.07, 6.45) is 3.80. The molecule has 2 rings (SSSR count). The van der Waals surface area contributed by atoms with Crippen LogP contribution in [0.1, 0.15) is 40.0 Å². The summed E-state index contributed by atoms with van der Waals surface area (Å²) in [5.74, 6) is 0.148. The molecule has 1 amide bonds. The van der Waals surface area contributed by atoms with Crippen molar-refractivity contribution in [2.75, 3.05) is 45.9 Å². The van der Waals surface area contributed by atoms with Gasteiger partial charge in [-0.05, 0) is 33.1 Å². The number of nitrogens with one attached hydrogen (secondary N) is 1. The third-order valence-corrected chi connectivity index (χ3v) is 4.68. The van der Waals surface area contributed by atoms with Crippen LogP contribution < -0.4 is 5.32 Å². The van der Waals surface area contributed by atoms with E-state index in [-0.39, 0.29) is 11.4 Å². The fourth-order valence-corrected chi connectivity index (χ4v) is 2.91.